The van der Waals surface area contributed by atoms with Crippen LogP contribution in [0, 0.1) is 0 Å². The number of aromatic nitrogens is 3. The first-order chi connectivity index (χ1) is 13.3. The molecule has 2 aromatic heterocycles. The summed E-state index contributed by atoms with van der Waals surface area (Å²) in [6, 6.07) is 14.0. The van der Waals surface area contributed by atoms with Crippen LogP contribution >= 0.6 is 0 Å². The highest BCUT2D eigenvalue weighted by Crippen LogP contribution is 2.17. The van der Waals surface area contributed by atoms with E-state index >= 15 is 0 Å². The lowest BCUT2D eigenvalue weighted by atomic mass is 10.1. The molecule has 0 aliphatic carbocycles. The van der Waals surface area contributed by atoms with Gasteiger partial charge in [0.05, 0.1) is 17.5 Å². The molecule has 136 valence electrons. The highest BCUT2D eigenvalue weighted by molar-refractivity contribution is 5.79. The molecule has 0 radical (unpaired) electrons. The zero-order chi connectivity index (χ0) is 18.5. The van der Waals surface area contributed by atoms with E-state index in [4.69, 9.17) is 0 Å². The summed E-state index contributed by atoms with van der Waals surface area (Å²) in [5.74, 6) is 0.357. The lowest BCUT2D eigenvalue weighted by molar-refractivity contribution is 0.242. The van der Waals surface area contributed by atoms with Crippen molar-refractivity contribution in [3.8, 4) is 0 Å². The molecule has 1 aliphatic rings. The van der Waals surface area contributed by atoms with Gasteiger partial charge in [-0.3, -0.25) is 19.7 Å². The van der Waals surface area contributed by atoms with E-state index in [0.29, 0.717) is 12.5 Å². The predicted molar refractivity (Wildman–Crippen MR) is 105 cm³/mol. The van der Waals surface area contributed by atoms with Gasteiger partial charge in [-0.05, 0) is 11.6 Å². The van der Waals surface area contributed by atoms with Crippen LogP contribution in [0.4, 0.5) is 5.95 Å². The normalized spacial score (nSPS) is 14.2. The van der Waals surface area contributed by atoms with Gasteiger partial charge >= 0.3 is 0 Å². The summed E-state index contributed by atoms with van der Waals surface area (Å²) in [5, 5.41) is 4.11. The first-order valence-electron chi connectivity index (χ1n) is 8.85. The molecule has 2 N–H and O–H groups in total. The number of anilines is 1. The van der Waals surface area contributed by atoms with E-state index in [0.717, 1.165) is 36.3 Å². The van der Waals surface area contributed by atoms with Crippen LogP contribution in [0.5, 0.6) is 0 Å². The second-order valence-electron chi connectivity index (χ2n) is 6.44. The number of nitrogens with one attached hydrogen (secondary N) is 2. The Morgan fingerprint density at radius 2 is 2.11 bits per heavy atom. The topological polar surface area (TPSA) is 86.3 Å². The third kappa shape index (κ3) is 4.27. The summed E-state index contributed by atoms with van der Waals surface area (Å²) in [6.07, 6.45) is 5.78. The van der Waals surface area contributed by atoms with Gasteiger partial charge in [0.2, 0.25) is 5.95 Å². The quantitative estimate of drug-likeness (QED) is 0.538. The van der Waals surface area contributed by atoms with Crippen molar-refractivity contribution in [2.75, 3.05) is 12.0 Å². The van der Waals surface area contributed by atoms with Crippen LogP contribution in [-0.4, -0.2) is 32.6 Å². The van der Waals surface area contributed by atoms with Crippen molar-refractivity contribution in [3.63, 3.8) is 0 Å². The molecule has 7 nitrogen and oxygen atoms in total. The van der Waals surface area contributed by atoms with E-state index in [1.165, 1.54) is 5.56 Å². The number of nitrogens with zero attached hydrogens (tertiary/aromatic N) is 4. The first-order valence-corrected chi connectivity index (χ1v) is 8.85. The molecule has 0 atom stereocenters. The average Bonchev–Trinajstić information content (AvgIpc) is 2.70. The van der Waals surface area contributed by atoms with Crippen molar-refractivity contribution >= 4 is 12.2 Å². The summed E-state index contributed by atoms with van der Waals surface area (Å²) in [6.45, 7) is 2.30. The van der Waals surface area contributed by atoms with Gasteiger partial charge in [0.25, 0.3) is 5.56 Å². The van der Waals surface area contributed by atoms with Crippen LogP contribution in [0.15, 0.2) is 64.8 Å². The highest BCUT2D eigenvalue weighted by Gasteiger charge is 2.21. The lowest BCUT2D eigenvalue weighted by Gasteiger charge is -2.27. The van der Waals surface area contributed by atoms with Crippen molar-refractivity contribution in [3.05, 3.63) is 87.6 Å². The summed E-state index contributed by atoms with van der Waals surface area (Å²) in [5.41, 5.74) is 6.36. The fourth-order valence-corrected chi connectivity index (χ4v) is 3.13. The number of hydrogen-bond donors (Lipinski definition) is 2. The minimum Gasteiger partial charge on any atom is -0.294 e. The van der Waals surface area contributed by atoms with Crippen molar-refractivity contribution < 1.29 is 0 Å². The molecule has 0 fully saturated rings. The molecule has 4 rings (SSSR count). The van der Waals surface area contributed by atoms with Crippen LogP contribution in [0.25, 0.3) is 0 Å². The maximum atomic E-state index is 12.5. The van der Waals surface area contributed by atoms with E-state index in [1.54, 1.807) is 18.6 Å². The standard InChI is InChI=1S/C20H20N6O/c27-19-17-14-26(13-15-5-2-1-3-6-15)10-8-18(17)23-20(24-19)25-22-12-16-7-4-9-21-11-16/h1-7,9,11-12H,8,10,13-14H2,(H2,23,24,25,27)/b22-12-. The molecule has 7 heteroatoms. The zero-order valence-electron chi connectivity index (χ0n) is 14.8. The maximum Gasteiger partial charge on any atom is 0.257 e. The van der Waals surface area contributed by atoms with E-state index < -0.39 is 0 Å². The minimum atomic E-state index is -0.114. The van der Waals surface area contributed by atoms with E-state index in [1.807, 2.05) is 30.3 Å². The van der Waals surface area contributed by atoms with Crippen LogP contribution in [0.1, 0.15) is 22.4 Å². The third-order valence-electron chi connectivity index (χ3n) is 4.47. The van der Waals surface area contributed by atoms with Crippen LogP contribution < -0.4 is 11.0 Å². The Hall–Kier alpha value is -3.32. The smallest absolute Gasteiger partial charge is 0.257 e. The van der Waals surface area contributed by atoms with E-state index in [-0.39, 0.29) is 5.56 Å². The first kappa shape index (κ1) is 17.1. The van der Waals surface area contributed by atoms with Crippen molar-refractivity contribution in [1.82, 2.24) is 19.9 Å². The number of H-pyrrole nitrogens is 1. The molecule has 27 heavy (non-hydrogen) atoms. The molecule has 0 spiro atoms. The predicted octanol–water partition coefficient (Wildman–Crippen LogP) is 2.17. The van der Waals surface area contributed by atoms with Crippen molar-refractivity contribution in [2.45, 2.75) is 19.5 Å². The van der Waals surface area contributed by atoms with Gasteiger partial charge in [0.1, 0.15) is 0 Å². The van der Waals surface area contributed by atoms with Gasteiger partial charge in [0, 0.05) is 44.0 Å². The van der Waals surface area contributed by atoms with Crippen molar-refractivity contribution in [1.29, 1.82) is 0 Å². The summed E-state index contributed by atoms with van der Waals surface area (Å²) in [7, 11) is 0. The van der Waals surface area contributed by atoms with E-state index in [2.05, 4.69) is 42.5 Å². The van der Waals surface area contributed by atoms with Gasteiger partial charge in [0.15, 0.2) is 0 Å². The van der Waals surface area contributed by atoms with Crippen LogP contribution in [-0.2, 0) is 19.5 Å². The number of benzene rings is 1. The lowest BCUT2D eigenvalue weighted by Crippen LogP contribution is -2.35. The monoisotopic (exact) mass is 360 g/mol. The molecule has 0 bridgehead atoms. The van der Waals surface area contributed by atoms with Gasteiger partial charge in [-0.2, -0.15) is 5.10 Å². The molecule has 0 unspecified atom stereocenters. The maximum absolute atomic E-state index is 12.5. The fourth-order valence-electron chi connectivity index (χ4n) is 3.13. The van der Waals surface area contributed by atoms with Gasteiger partial charge < -0.3 is 0 Å². The number of aromatic amines is 1. The Labute approximate surface area is 156 Å². The molecule has 0 saturated heterocycles. The molecule has 1 aliphatic heterocycles. The minimum absolute atomic E-state index is 0.114. The van der Waals surface area contributed by atoms with E-state index in [9.17, 15) is 4.79 Å². The second-order valence-corrected chi connectivity index (χ2v) is 6.44. The fraction of sp³-hybridized carbons (Fsp3) is 0.200. The molecule has 0 saturated carbocycles. The number of pyridine rings is 1. The molecular formula is C20H20N6O. The third-order valence-corrected chi connectivity index (χ3v) is 4.47. The number of rotatable bonds is 5. The number of fused-ring (bicyclic) bond motifs is 1. The molecule has 0 amide bonds. The van der Waals surface area contributed by atoms with Crippen LogP contribution in [0.3, 0.4) is 0 Å². The summed E-state index contributed by atoms with van der Waals surface area (Å²) < 4.78 is 0. The Bertz CT molecular complexity index is 984. The second kappa shape index (κ2) is 7.92. The molecular weight excluding hydrogens is 340 g/mol. The van der Waals surface area contributed by atoms with Gasteiger partial charge in [-0.15, -0.1) is 0 Å². The molecule has 1 aromatic carbocycles. The Kier molecular flexibility index (Phi) is 5.02. The van der Waals surface area contributed by atoms with Crippen molar-refractivity contribution in [2.24, 2.45) is 5.10 Å². The molecule has 3 aromatic rings. The number of hydrazone groups is 1. The SMILES string of the molecule is O=c1[nH]c(N/N=C\c2cccnc2)nc2c1CN(Cc1ccccc1)CC2. The zero-order valence-corrected chi connectivity index (χ0v) is 14.8. The largest absolute Gasteiger partial charge is 0.294 e. The van der Waals surface area contributed by atoms with Gasteiger partial charge in [-0.1, -0.05) is 36.4 Å². The average molecular weight is 360 g/mol. The summed E-state index contributed by atoms with van der Waals surface area (Å²) >= 11 is 0. The number of hydrogen-bond acceptors (Lipinski definition) is 6. The molecule has 3 heterocycles. The Morgan fingerprint density at radius 1 is 1.22 bits per heavy atom. The van der Waals surface area contributed by atoms with Crippen LogP contribution in [0.2, 0.25) is 0 Å². The van der Waals surface area contributed by atoms with Gasteiger partial charge in [-0.25, -0.2) is 10.4 Å². The Morgan fingerprint density at radius 3 is 2.93 bits per heavy atom. The Balaban J connectivity index is 1.45. The highest BCUT2D eigenvalue weighted by atomic mass is 16.1. The summed E-state index contributed by atoms with van der Waals surface area (Å²) in [4.78, 5) is 26.1.